The standard InChI is InChI=1S/C15H17N3O2/c19-15(20-13-9-5-2-6-10-13)14-11-18(17-16-14)12-7-3-1-4-8-12/h1,3-4,7-8,11,13H,2,5-6,9-10H2. The Morgan fingerprint density at radius 2 is 1.90 bits per heavy atom. The van der Waals surface area contributed by atoms with Crippen molar-refractivity contribution in [3.8, 4) is 5.69 Å². The van der Waals surface area contributed by atoms with Gasteiger partial charge in [0.1, 0.15) is 6.10 Å². The number of aromatic nitrogens is 3. The first-order valence-electron chi connectivity index (χ1n) is 7.02. The van der Waals surface area contributed by atoms with Crippen LogP contribution in [0.3, 0.4) is 0 Å². The van der Waals surface area contributed by atoms with Crippen LogP contribution in [0.5, 0.6) is 0 Å². The first-order chi connectivity index (χ1) is 9.83. The monoisotopic (exact) mass is 271 g/mol. The van der Waals surface area contributed by atoms with Gasteiger partial charge in [-0.05, 0) is 37.8 Å². The number of para-hydroxylation sites is 1. The van der Waals surface area contributed by atoms with Gasteiger partial charge in [-0.15, -0.1) is 5.10 Å². The molecule has 0 amide bonds. The Morgan fingerprint density at radius 1 is 1.15 bits per heavy atom. The number of benzene rings is 1. The van der Waals surface area contributed by atoms with Gasteiger partial charge in [-0.3, -0.25) is 0 Å². The Balaban J connectivity index is 1.68. The molecule has 1 heterocycles. The van der Waals surface area contributed by atoms with Crippen LogP contribution in [0.2, 0.25) is 0 Å². The molecule has 0 atom stereocenters. The highest BCUT2D eigenvalue weighted by Crippen LogP contribution is 2.21. The summed E-state index contributed by atoms with van der Waals surface area (Å²) in [5, 5.41) is 7.86. The van der Waals surface area contributed by atoms with E-state index < -0.39 is 0 Å². The lowest BCUT2D eigenvalue weighted by molar-refractivity contribution is 0.0204. The molecule has 2 aromatic rings. The van der Waals surface area contributed by atoms with Crippen LogP contribution in [0, 0.1) is 0 Å². The van der Waals surface area contributed by atoms with Crippen molar-refractivity contribution in [2.24, 2.45) is 0 Å². The molecular weight excluding hydrogens is 254 g/mol. The lowest BCUT2D eigenvalue weighted by atomic mass is 9.98. The molecule has 1 aliphatic carbocycles. The van der Waals surface area contributed by atoms with E-state index in [1.165, 1.54) is 6.42 Å². The minimum Gasteiger partial charge on any atom is -0.458 e. The molecular formula is C15H17N3O2. The van der Waals surface area contributed by atoms with Crippen molar-refractivity contribution in [2.75, 3.05) is 0 Å². The van der Waals surface area contributed by atoms with Gasteiger partial charge in [-0.1, -0.05) is 29.8 Å². The Kier molecular flexibility index (Phi) is 3.76. The number of esters is 1. The SMILES string of the molecule is O=C(OC1CCCCC1)c1cn(-c2ccccc2)nn1. The highest BCUT2D eigenvalue weighted by atomic mass is 16.5. The maximum atomic E-state index is 12.0. The lowest BCUT2D eigenvalue weighted by Crippen LogP contribution is -2.21. The van der Waals surface area contributed by atoms with Gasteiger partial charge in [-0.2, -0.15) is 0 Å². The minimum absolute atomic E-state index is 0.0399. The zero-order chi connectivity index (χ0) is 13.8. The summed E-state index contributed by atoms with van der Waals surface area (Å²) in [5.74, 6) is -0.376. The van der Waals surface area contributed by atoms with Gasteiger partial charge in [0.2, 0.25) is 0 Å². The van der Waals surface area contributed by atoms with Crippen molar-refractivity contribution in [1.29, 1.82) is 0 Å². The summed E-state index contributed by atoms with van der Waals surface area (Å²) in [4.78, 5) is 12.0. The molecule has 1 aliphatic rings. The van der Waals surface area contributed by atoms with Crippen molar-refractivity contribution in [1.82, 2.24) is 15.0 Å². The summed E-state index contributed by atoms with van der Waals surface area (Å²) in [7, 11) is 0. The molecule has 0 spiro atoms. The van der Waals surface area contributed by atoms with Crippen LogP contribution in [0.1, 0.15) is 42.6 Å². The van der Waals surface area contributed by atoms with Crippen LogP contribution in [0.15, 0.2) is 36.5 Å². The molecule has 5 heteroatoms. The van der Waals surface area contributed by atoms with Crippen LogP contribution in [-0.2, 0) is 4.74 Å². The highest BCUT2D eigenvalue weighted by molar-refractivity contribution is 5.86. The van der Waals surface area contributed by atoms with E-state index in [0.717, 1.165) is 31.4 Å². The maximum absolute atomic E-state index is 12.0. The number of carbonyl (C=O) groups excluding carboxylic acids is 1. The number of rotatable bonds is 3. The summed E-state index contributed by atoms with van der Waals surface area (Å²) in [6.45, 7) is 0. The predicted octanol–water partition coefficient (Wildman–Crippen LogP) is 2.76. The van der Waals surface area contributed by atoms with Gasteiger partial charge in [0.25, 0.3) is 0 Å². The average Bonchev–Trinajstić information content (AvgIpc) is 2.99. The number of hydrogen-bond donors (Lipinski definition) is 0. The van der Waals surface area contributed by atoms with Gasteiger partial charge in [0.05, 0.1) is 11.9 Å². The first-order valence-corrected chi connectivity index (χ1v) is 7.02. The molecule has 0 unspecified atom stereocenters. The third-order valence-electron chi connectivity index (χ3n) is 3.55. The fraction of sp³-hybridized carbons (Fsp3) is 0.400. The largest absolute Gasteiger partial charge is 0.458 e. The summed E-state index contributed by atoms with van der Waals surface area (Å²) in [6, 6.07) is 9.57. The van der Waals surface area contributed by atoms with Crippen molar-refractivity contribution < 1.29 is 9.53 Å². The van der Waals surface area contributed by atoms with Gasteiger partial charge in [0, 0.05) is 0 Å². The van der Waals surface area contributed by atoms with Gasteiger partial charge < -0.3 is 4.74 Å². The lowest BCUT2D eigenvalue weighted by Gasteiger charge is -2.21. The van der Waals surface area contributed by atoms with E-state index in [9.17, 15) is 4.79 Å². The normalized spacial score (nSPS) is 16.0. The van der Waals surface area contributed by atoms with Crippen LogP contribution >= 0.6 is 0 Å². The molecule has 0 saturated heterocycles. The Morgan fingerprint density at radius 3 is 2.65 bits per heavy atom. The van der Waals surface area contributed by atoms with Gasteiger partial charge in [0.15, 0.2) is 5.69 Å². The van der Waals surface area contributed by atoms with Crippen LogP contribution < -0.4 is 0 Å². The van der Waals surface area contributed by atoms with Crippen molar-refractivity contribution in [3.63, 3.8) is 0 Å². The molecule has 3 rings (SSSR count). The second-order valence-electron chi connectivity index (χ2n) is 5.05. The van der Waals surface area contributed by atoms with Gasteiger partial charge >= 0.3 is 5.97 Å². The Bertz CT molecular complexity index is 574. The third-order valence-corrected chi connectivity index (χ3v) is 3.55. The van der Waals surface area contributed by atoms with E-state index in [4.69, 9.17) is 4.74 Å². The minimum atomic E-state index is -0.376. The van der Waals surface area contributed by atoms with Crippen LogP contribution in [0.4, 0.5) is 0 Å². The third kappa shape index (κ3) is 2.87. The highest BCUT2D eigenvalue weighted by Gasteiger charge is 2.20. The average molecular weight is 271 g/mol. The molecule has 20 heavy (non-hydrogen) atoms. The fourth-order valence-corrected chi connectivity index (χ4v) is 2.46. The summed E-state index contributed by atoms with van der Waals surface area (Å²) in [6.07, 6.45) is 7.07. The second kappa shape index (κ2) is 5.86. The van der Waals surface area contributed by atoms with E-state index in [-0.39, 0.29) is 17.8 Å². The van der Waals surface area contributed by atoms with Crippen molar-refractivity contribution in [2.45, 2.75) is 38.2 Å². The Hall–Kier alpha value is -2.17. The fourth-order valence-electron chi connectivity index (χ4n) is 2.46. The molecule has 0 aliphatic heterocycles. The van der Waals surface area contributed by atoms with E-state index in [1.54, 1.807) is 10.9 Å². The molecule has 0 radical (unpaired) electrons. The molecule has 104 valence electrons. The summed E-state index contributed by atoms with van der Waals surface area (Å²) < 4.78 is 7.05. The van der Waals surface area contributed by atoms with Gasteiger partial charge in [-0.25, -0.2) is 9.48 Å². The number of ether oxygens (including phenoxy) is 1. The zero-order valence-electron chi connectivity index (χ0n) is 11.2. The molecule has 5 nitrogen and oxygen atoms in total. The molecule has 1 aromatic heterocycles. The number of carbonyl (C=O) groups is 1. The number of hydrogen-bond acceptors (Lipinski definition) is 4. The second-order valence-corrected chi connectivity index (χ2v) is 5.05. The first kappa shape index (κ1) is 12.8. The number of nitrogens with zero attached hydrogens (tertiary/aromatic N) is 3. The quantitative estimate of drug-likeness (QED) is 0.805. The molecule has 1 fully saturated rings. The zero-order valence-corrected chi connectivity index (χ0v) is 11.2. The van der Waals surface area contributed by atoms with Crippen LogP contribution in [-0.4, -0.2) is 27.1 Å². The van der Waals surface area contributed by atoms with Crippen LogP contribution in [0.25, 0.3) is 5.69 Å². The molecule has 1 saturated carbocycles. The summed E-state index contributed by atoms with van der Waals surface area (Å²) in [5.41, 5.74) is 1.14. The topological polar surface area (TPSA) is 57.0 Å². The van der Waals surface area contributed by atoms with E-state index in [2.05, 4.69) is 10.3 Å². The molecule has 0 bridgehead atoms. The molecule has 1 aromatic carbocycles. The summed E-state index contributed by atoms with van der Waals surface area (Å²) >= 11 is 0. The Labute approximate surface area is 117 Å². The van der Waals surface area contributed by atoms with E-state index in [1.807, 2.05) is 30.3 Å². The van der Waals surface area contributed by atoms with E-state index >= 15 is 0 Å². The van der Waals surface area contributed by atoms with Crippen molar-refractivity contribution in [3.05, 3.63) is 42.2 Å². The molecule has 0 N–H and O–H groups in total. The predicted molar refractivity (Wildman–Crippen MR) is 73.6 cm³/mol. The smallest absolute Gasteiger partial charge is 0.360 e. The van der Waals surface area contributed by atoms with Crippen molar-refractivity contribution >= 4 is 5.97 Å². The van der Waals surface area contributed by atoms with E-state index in [0.29, 0.717) is 0 Å². The maximum Gasteiger partial charge on any atom is 0.360 e.